The first-order valence-electron chi connectivity index (χ1n) is 12.2. The van der Waals surface area contributed by atoms with Gasteiger partial charge in [-0.25, -0.2) is 4.99 Å². The van der Waals surface area contributed by atoms with E-state index in [1.54, 1.807) is 42.0 Å². The molecule has 0 fully saturated rings. The second-order valence-electron chi connectivity index (χ2n) is 8.94. The summed E-state index contributed by atoms with van der Waals surface area (Å²) in [6.45, 7) is 0.631. The van der Waals surface area contributed by atoms with Crippen molar-refractivity contribution in [3.8, 4) is 5.75 Å². The van der Waals surface area contributed by atoms with Crippen molar-refractivity contribution in [2.75, 3.05) is 0 Å². The Morgan fingerprint density at radius 3 is 2.59 bits per heavy atom. The van der Waals surface area contributed by atoms with Crippen LogP contribution >= 0.6 is 56.5 Å². The van der Waals surface area contributed by atoms with Gasteiger partial charge in [-0.2, -0.15) is 0 Å². The van der Waals surface area contributed by atoms with Gasteiger partial charge in [-0.05, 0) is 124 Å². The Labute approximate surface area is 256 Å². The van der Waals surface area contributed by atoms with E-state index in [0.717, 1.165) is 60.3 Å². The molecule has 1 N–H and O–H groups in total. The van der Waals surface area contributed by atoms with Gasteiger partial charge < -0.3 is 14.5 Å². The number of carbonyl (C=O) groups is 1. The fraction of sp³-hybridized carbons (Fsp3) is 0.214. The molecular weight excluding hydrogens is 744 g/mol. The zero-order valence-electron chi connectivity index (χ0n) is 20.6. The number of nitro benzene ring substituents is 1. The number of ether oxygens (including phenoxy) is 1. The van der Waals surface area contributed by atoms with Crippen molar-refractivity contribution in [1.82, 2.24) is 5.32 Å². The molecule has 0 saturated heterocycles. The average molecular weight is 767 g/mol. The minimum atomic E-state index is -0.418. The Bertz CT molecular complexity index is 1510. The molecule has 0 radical (unpaired) electrons. The first-order valence-corrected chi connectivity index (χ1v) is 15.2. The van der Waals surface area contributed by atoms with Crippen molar-refractivity contribution in [1.29, 1.82) is 0 Å². The maximum absolute atomic E-state index is 13.2. The second-order valence-corrected chi connectivity index (χ2v) is 12.3. The molecule has 11 heteroatoms. The number of nitrogens with one attached hydrogen (secondary N) is 1. The number of fused-ring (bicyclic) bond motifs is 1. The standard InChI is InChI=1S/C28H23I2N3O5S/c29-22-12-18(13-23(30)26(22)38-16-17-7-9-19(10-8-17)33(35)36)14-32-28-25(21-5-1-2-6-24(21)39-28)27(34)31-15-20-4-3-11-37-20/h3-4,7-14H,1-2,5-6,15-16H2,(H,31,34). The number of amides is 1. The molecule has 8 nitrogen and oxygen atoms in total. The summed E-state index contributed by atoms with van der Waals surface area (Å²) in [4.78, 5) is 29.7. The van der Waals surface area contributed by atoms with E-state index >= 15 is 0 Å². The number of halogens is 2. The first-order chi connectivity index (χ1) is 18.9. The maximum atomic E-state index is 13.2. The number of hydrogen-bond donors (Lipinski definition) is 1. The molecule has 0 spiro atoms. The summed E-state index contributed by atoms with van der Waals surface area (Å²) in [5.74, 6) is 1.32. The van der Waals surface area contributed by atoms with Gasteiger partial charge in [-0.3, -0.25) is 14.9 Å². The summed E-state index contributed by atoms with van der Waals surface area (Å²) in [6.07, 6.45) is 7.46. The number of carbonyl (C=O) groups excluding carboxylic acids is 1. The lowest BCUT2D eigenvalue weighted by Gasteiger charge is -2.12. The SMILES string of the molecule is O=C(NCc1ccco1)c1c(N=Cc2cc(I)c(OCc3ccc([N+](=O)[O-])cc3)c(I)c2)sc2c1CCCC2. The number of hydrogen-bond acceptors (Lipinski definition) is 7. The van der Waals surface area contributed by atoms with Gasteiger partial charge in [0.05, 0.1) is 30.4 Å². The number of benzene rings is 2. The molecule has 5 rings (SSSR count). The molecule has 200 valence electrons. The van der Waals surface area contributed by atoms with E-state index in [1.165, 1.54) is 17.0 Å². The largest absolute Gasteiger partial charge is 0.487 e. The molecule has 4 aromatic rings. The smallest absolute Gasteiger partial charge is 0.269 e. The Balaban J connectivity index is 1.33. The molecule has 39 heavy (non-hydrogen) atoms. The van der Waals surface area contributed by atoms with Gasteiger partial charge in [0.15, 0.2) is 0 Å². The van der Waals surface area contributed by atoms with Gasteiger partial charge >= 0.3 is 0 Å². The molecule has 0 bridgehead atoms. The summed E-state index contributed by atoms with van der Waals surface area (Å²) < 4.78 is 13.2. The van der Waals surface area contributed by atoms with Crippen LogP contribution < -0.4 is 10.1 Å². The Morgan fingerprint density at radius 2 is 1.90 bits per heavy atom. The van der Waals surface area contributed by atoms with Crippen molar-refractivity contribution in [3.63, 3.8) is 0 Å². The molecule has 2 heterocycles. The van der Waals surface area contributed by atoms with Crippen LogP contribution in [0.15, 0.2) is 64.2 Å². The van der Waals surface area contributed by atoms with E-state index < -0.39 is 4.92 Å². The molecule has 0 unspecified atom stereocenters. The predicted octanol–water partition coefficient (Wildman–Crippen LogP) is 7.60. The van der Waals surface area contributed by atoms with Crippen molar-refractivity contribution in [2.45, 2.75) is 38.8 Å². The number of non-ortho nitro benzene ring substituents is 1. The van der Waals surface area contributed by atoms with E-state index in [0.29, 0.717) is 24.5 Å². The summed E-state index contributed by atoms with van der Waals surface area (Å²) in [7, 11) is 0. The first kappa shape index (κ1) is 27.8. The van der Waals surface area contributed by atoms with Crippen LogP contribution in [0.5, 0.6) is 5.75 Å². The summed E-state index contributed by atoms with van der Waals surface area (Å²) in [5, 5.41) is 14.6. The van der Waals surface area contributed by atoms with Gasteiger partial charge in [-0.1, -0.05) is 0 Å². The Kier molecular flexibility index (Phi) is 8.97. The second kappa shape index (κ2) is 12.6. The highest BCUT2D eigenvalue weighted by Crippen LogP contribution is 2.40. The van der Waals surface area contributed by atoms with E-state index in [-0.39, 0.29) is 11.6 Å². The summed E-state index contributed by atoms with van der Waals surface area (Å²) in [5.41, 5.74) is 3.59. The van der Waals surface area contributed by atoms with Gasteiger partial charge in [0.25, 0.3) is 11.6 Å². The van der Waals surface area contributed by atoms with Crippen molar-refractivity contribution in [3.05, 3.63) is 105 Å². The topological polar surface area (TPSA) is 107 Å². The molecule has 1 amide bonds. The van der Waals surface area contributed by atoms with Crippen molar-refractivity contribution in [2.24, 2.45) is 4.99 Å². The number of nitrogens with zero attached hydrogens (tertiary/aromatic N) is 2. The van der Waals surface area contributed by atoms with E-state index in [1.807, 2.05) is 18.2 Å². The van der Waals surface area contributed by atoms with Gasteiger partial charge in [0.1, 0.15) is 23.1 Å². The van der Waals surface area contributed by atoms with Crippen LogP contribution in [0, 0.1) is 17.3 Å². The van der Waals surface area contributed by atoms with E-state index in [2.05, 4.69) is 50.5 Å². The third kappa shape index (κ3) is 6.69. The van der Waals surface area contributed by atoms with Gasteiger partial charge in [0, 0.05) is 23.2 Å². The maximum Gasteiger partial charge on any atom is 0.269 e. The van der Waals surface area contributed by atoms with Crippen LogP contribution in [0.1, 0.15) is 50.5 Å². The number of aliphatic imine (C=N–C) groups is 1. The van der Waals surface area contributed by atoms with E-state index in [4.69, 9.17) is 14.1 Å². The number of rotatable bonds is 9. The number of thiophene rings is 1. The fourth-order valence-electron chi connectivity index (χ4n) is 4.34. The highest BCUT2D eigenvalue weighted by atomic mass is 127. The normalized spacial score (nSPS) is 12.9. The fourth-order valence-corrected chi connectivity index (χ4v) is 7.70. The Hall–Kier alpha value is -2.78. The van der Waals surface area contributed by atoms with Crippen LogP contribution in [-0.4, -0.2) is 17.0 Å². The lowest BCUT2D eigenvalue weighted by atomic mass is 9.95. The van der Waals surface area contributed by atoms with Crippen LogP contribution in [0.4, 0.5) is 10.7 Å². The molecular formula is C28H23I2N3O5S. The lowest BCUT2D eigenvalue weighted by Crippen LogP contribution is -2.23. The number of nitro groups is 1. The molecule has 0 saturated carbocycles. The minimum absolute atomic E-state index is 0.0521. The summed E-state index contributed by atoms with van der Waals surface area (Å²) >= 11 is 6.07. The summed E-state index contributed by atoms with van der Waals surface area (Å²) in [6, 6.07) is 14.0. The van der Waals surface area contributed by atoms with Crippen molar-refractivity contribution >= 4 is 79.3 Å². The predicted molar refractivity (Wildman–Crippen MR) is 167 cm³/mol. The molecule has 2 aromatic heterocycles. The van der Waals surface area contributed by atoms with Gasteiger partial charge in [0.2, 0.25) is 0 Å². The van der Waals surface area contributed by atoms with E-state index in [9.17, 15) is 14.9 Å². The molecule has 1 aliphatic rings. The highest BCUT2D eigenvalue weighted by molar-refractivity contribution is 14.1. The minimum Gasteiger partial charge on any atom is -0.487 e. The molecule has 1 aliphatic carbocycles. The number of furan rings is 1. The van der Waals surface area contributed by atoms with Crippen LogP contribution in [0.2, 0.25) is 0 Å². The van der Waals surface area contributed by atoms with Crippen molar-refractivity contribution < 1.29 is 18.9 Å². The van der Waals surface area contributed by atoms with Crippen LogP contribution in [0.25, 0.3) is 0 Å². The monoisotopic (exact) mass is 767 g/mol. The van der Waals surface area contributed by atoms with Crippen LogP contribution in [-0.2, 0) is 26.0 Å². The number of aryl methyl sites for hydroxylation is 1. The quantitative estimate of drug-likeness (QED) is 0.0818. The Morgan fingerprint density at radius 1 is 1.15 bits per heavy atom. The third-order valence-electron chi connectivity index (χ3n) is 6.26. The molecule has 0 aliphatic heterocycles. The highest BCUT2D eigenvalue weighted by Gasteiger charge is 2.25. The third-order valence-corrected chi connectivity index (χ3v) is 9.07. The average Bonchev–Trinajstić information content (AvgIpc) is 3.58. The van der Waals surface area contributed by atoms with Crippen LogP contribution in [0.3, 0.4) is 0 Å². The molecule has 2 aromatic carbocycles. The zero-order valence-corrected chi connectivity index (χ0v) is 25.7. The van der Waals surface area contributed by atoms with Gasteiger partial charge in [-0.15, -0.1) is 11.3 Å². The molecule has 0 atom stereocenters. The zero-order chi connectivity index (χ0) is 27.4. The lowest BCUT2D eigenvalue weighted by molar-refractivity contribution is -0.384.